The van der Waals surface area contributed by atoms with E-state index < -0.39 is 5.91 Å². The number of rotatable bonds is 7. The number of aryl methyl sites for hydroxylation is 1. The van der Waals surface area contributed by atoms with E-state index in [2.05, 4.69) is 11.9 Å². The van der Waals surface area contributed by atoms with Gasteiger partial charge in [0.1, 0.15) is 0 Å². The van der Waals surface area contributed by atoms with Crippen LogP contribution in [0.15, 0.2) is 36.9 Å². The lowest BCUT2D eigenvalue weighted by molar-refractivity contribution is -0.133. The van der Waals surface area contributed by atoms with Crippen LogP contribution in [0.4, 0.5) is 0 Å². The molecule has 3 atom stereocenters. The van der Waals surface area contributed by atoms with Gasteiger partial charge in [-0.2, -0.15) is 0 Å². The third-order valence-electron chi connectivity index (χ3n) is 5.40. The topological polar surface area (TPSA) is 75.4 Å². The summed E-state index contributed by atoms with van der Waals surface area (Å²) in [6.45, 7) is 4.44. The first-order valence-corrected chi connectivity index (χ1v) is 9.12. The molecule has 2 bridgehead atoms. The van der Waals surface area contributed by atoms with Gasteiger partial charge in [-0.3, -0.25) is 9.59 Å². The number of carbonyl (C=O) groups excluding carboxylic acids is 2. The van der Waals surface area contributed by atoms with Crippen molar-refractivity contribution >= 4 is 11.8 Å². The number of amides is 2. The van der Waals surface area contributed by atoms with Gasteiger partial charge in [-0.1, -0.05) is 18.2 Å². The number of piperidine rings is 1. The molecule has 0 unspecified atom stereocenters. The van der Waals surface area contributed by atoms with Crippen molar-refractivity contribution in [1.29, 1.82) is 0 Å². The van der Waals surface area contributed by atoms with E-state index in [0.717, 1.165) is 18.4 Å². The molecule has 0 radical (unpaired) electrons. The van der Waals surface area contributed by atoms with Gasteiger partial charge in [0.15, 0.2) is 0 Å². The number of nitrogens with one attached hydrogen (secondary N) is 1. The van der Waals surface area contributed by atoms with E-state index in [-0.39, 0.29) is 5.91 Å². The fraction of sp³-hybridized carbons (Fsp3) is 0.500. The highest BCUT2D eigenvalue weighted by Gasteiger charge is 2.37. The van der Waals surface area contributed by atoms with Crippen molar-refractivity contribution in [3.63, 3.8) is 0 Å². The summed E-state index contributed by atoms with van der Waals surface area (Å²) in [6, 6.07) is 8.62. The lowest BCUT2D eigenvalue weighted by Crippen LogP contribution is -2.50. The SMILES string of the molecule is C=CCN(C(=O)CCc1ccc(C(N)=O)cc1)[C@H]1C[C@H]2CC[C@@H](C1)N2. The molecule has 25 heavy (non-hydrogen) atoms. The lowest BCUT2D eigenvalue weighted by Gasteiger charge is -2.37. The van der Waals surface area contributed by atoms with Crippen LogP contribution in [0.1, 0.15) is 48.0 Å². The summed E-state index contributed by atoms with van der Waals surface area (Å²) in [5.41, 5.74) is 6.79. The Labute approximate surface area is 149 Å². The summed E-state index contributed by atoms with van der Waals surface area (Å²) in [4.78, 5) is 25.9. The molecule has 2 fully saturated rings. The minimum Gasteiger partial charge on any atom is -0.366 e. The highest BCUT2D eigenvalue weighted by Crippen LogP contribution is 2.30. The normalized spacial score (nSPS) is 24.7. The van der Waals surface area contributed by atoms with Crippen molar-refractivity contribution in [2.75, 3.05) is 6.54 Å². The number of carbonyl (C=O) groups is 2. The molecule has 2 aliphatic rings. The van der Waals surface area contributed by atoms with E-state index in [4.69, 9.17) is 5.73 Å². The maximum Gasteiger partial charge on any atom is 0.248 e. The number of benzene rings is 1. The Morgan fingerprint density at radius 3 is 2.40 bits per heavy atom. The molecular formula is C20H27N3O2. The fourth-order valence-electron chi connectivity index (χ4n) is 4.11. The van der Waals surface area contributed by atoms with Gasteiger partial charge in [-0.05, 0) is 49.8 Å². The first kappa shape index (κ1) is 17.7. The van der Waals surface area contributed by atoms with Crippen LogP contribution in [0.2, 0.25) is 0 Å². The Kier molecular flexibility index (Phi) is 5.53. The smallest absolute Gasteiger partial charge is 0.248 e. The maximum atomic E-state index is 12.8. The predicted molar refractivity (Wildman–Crippen MR) is 98.2 cm³/mol. The maximum absolute atomic E-state index is 12.8. The zero-order valence-corrected chi connectivity index (χ0v) is 14.6. The summed E-state index contributed by atoms with van der Waals surface area (Å²) < 4.78 is 0. The molecule has 5 nitrogen and oxygen atoms in total. The Bertz CT molecular complexity index is 629. The lowest BCUT2D eigenvalue weighted by atomic mass is 9.97. The molecule has 5 heteroatoms. The van der Waals surface area contributed by atoms with Gasteiger partial charge in [0, 0.05) is 36.7 Å². The summed E-state index contributed by atoms with van der Waals surface area (Å²) in [5, 5.41) is 3.63. The summed E-state index contributed by atoms with van der Waals surface area (Å²) in [6.07, 6.45) is 7.51. The second kappa shape index (κ2) is 7.83. The van der Waals surface area contributed by atoms with E-state index in [9.17, 15) is 9.59 Å². The number of hydrogen-bond donors (Lipinski definition) is 2. The average Bonchev–Trinajstić information content (AvgIpc) is 2.95. The zero-order valence-electron chi connectivity index (χ0n) is 14.6. The molecule has 1 aromatic rings. The minimum absolute atomic E-state index is 0.185. The largest absolute Gasteiger partial charge is 0.366 e. The van der Waals surface area contributed by atoms with E-state index in [1.807, 2.05) is 23.1 Å². The van der Waals surface area contributed by atoms with Gasteiger partial charge in [-0.25, -0.2) is 0 Å². The molecule has 2 saturated heterocycles. The second-order valence-corrected chi connectivity index (χ2v) is 7.16. The Balaban J connectivity index is 1.59. The van der Waals surface area contributed by atoms with Crippen molar-refractivity contribution in [3.8, 4) is 0 Å². The Hall–Kier alpha value is -2.14. The predicted octanol–water partition coefficient (Wildman–Crippen LogP) is 2.02. The first-order chi connectivity index (χ1) is 12.1. The van der Waals surface area contributed by atoms with Crippen LogP contribution in [-0.4, -0.2) is 41.4 Å². The van der Waals surface area contributed by atoms with Crippen LogP contribution >= 0.6 is 0 Å². The summed E-state index contributed by atoms with van der Waals surface area (Å²) in [7, 11) is 0. The number of hydrogen-bond acceptors (Lipinski definition) is 3. The van der Waals surface area contributed by atoms with Crippen molar-refractivity contribution in [3.05, 3.63) is 48.0 Å². The van der Waals surface area contributed by atoms with Crippen molar-refractivity contribution in [1.82, 2.24) is 10.2 Å². The van der Waals surface area contributed by atoms with Crippen LogP contribution in [0.5, 0.6) is 0 Å². The summed E-state index contributed by atoms with van der Waals surface area (Å²) >= 11 is 0. The van der Waals surface area contributed by atoms with E-state index >= 15 is 0 Å². The van der Waals surface area contributed by atoms with E-state index in [1.54, 1.807) is 12.1 Å². The van der Waals surface area contributed by atoms with Gasteiger partial charge < -0.3 is 16.0 Å². The van der Waals surface area contributed by atoms with Crippen LogP contribution in [0, 0.1) is 0 Å². The highest BCUT2D eigenvalue weighted by atomic mass is 16.2. The van der Waals surface area contributed by atoms with Crippen molar-refractivity contribution in [2.24, 2.45) is 5.73 Å². The summed E-state index contributed by atoms with van der Waals surface area (Å²) in [5.74, 6) is -0.245. The molecule has 0 spiro atoms. The van der Waals surface area contributed by atoms with Crippen LogP contribution < -0.4 is 11.1 Å². The molecule has 3 N–H and O–H groups in total. The number of primary amides is 1. The van der Waals surface area contributed by atoms with Crippen LogP contribution in [0.25, 0.3) is 0 Å². The molecule has 1 aromatic carbocycles. The minimum atomic E-state index is -0.430. The molecule has 2 heterocycles. The van der Waals surface area contributed by atoms with E-state index in [1.165, 1.54) is 12.8 Å². The third kappa shape index (κ3) is 4.28. The number of fused-ring (bicyclic) bond motifs is 2. The van der Waals surface area contributed by atoms with Crippen molar-refractivity contribution in [2.45, 2.75) is 56.7 Å². The van der Waals surface area contributed by atoms with Gasteiger partial charge in [-0.15, -0.1) is 6.58 Å². The molecule has 0 aliphatic carbocycles. The van der Waals surface area contributed by atoms with Gasteiger partial charge in [0.25, 0.3) is 0 Å². The highest BCUT2D eigenvalue weighted by molar-refractivity contribution is 5.92. The average molecular weight is 341 g/mol. The molecule has 2 amide bonds. The molecular weight excluding hydrogens is 314 g/mol. The van der Waals surface area contributed by atoms with Crippen LogP contribution in [0.3, 0.4) is 0 Å². The van der Waals surface area contributed by atoms with Crippen LogP contribution in [-0.2, 0) is 11.2 Å². The van der Waals surface area contributed by atoms with Gasteiger partial charge in [0.05, 0.1) is 0 Å². The zero-order chi connectivity index (χ0) is 17.8. The van der Waals surface area contributed by atoms with Crippen molar-refractivity contribution < 1.29 is 9.59 Å². The van der Waals surface area contributed by atoms with Gasteiger partial charge in [0.2, 0.25) is 11.8 Å². The molecule has 0 saturated carbocycles. The molecule has 134 valence electrons. The first-order valence-electron chi connectivity index (χ1n) is 9.12. The molecule has 2 aliphatic heterocycles. The quantitative estimate of drug-likeness (QED) is 0.745. The Morgan fingerprint density at radius 1 is 1.20 bits per heavy atom. The second-order valence-electron chi connectivity index (χ2n) is 7.16. The standard InChI is InChI=1S/C20H27N3O2/c1-2-11-23(18-12-16-8-9-17(13-18)22-16)19(24)10-5-14-3-6-15(7-4-14)20(21)25/h2-4,6-7,16-18,22H,1,5,8-13H2,(H2,21,25)/t16-,17+,18+. The Morgan fingerprint density at radius 2 is 1.84 bits per heavy atom. The number of nitrogens with zero attached hydrogens (tertiary/aromatic N) is 1. The number of nitrogens with two attached hydrogens (primary N) is 1. The fourth-order valence-corrected chi connectivity index (χ4v) is 4.11. The monoisotopic (exact) mass is 341 g/mol. The van der Waals surface area contributed by atoms with E-state index in [0.29, 0.717) is 43.1 Å². The third-order valence-corrected chi connectivity index (χ3v) is 5.40. The molecule has 0 aromatic heterocycles. The molecule has 3 rings (SSSR count). The van der Waals surface area contributed by atoms with Gasteiger partial charge >= 0.3 is 0 Å².